The summed E-state index contributed by atoms with van der Waals surface area (Å²) in [4.78, 5) is 16.1. The molecule has 0 aliphatic carbocycles. The summed E-state index contributed by atoms with van der Waals surface area (Å²) >= 11 is 5.91. The first-order valence-corrected chi connectivity index (χ1v) is 7.52. The molecule has 4 nitrogen and oxygen atoms in total. The smallest absolute Gasteiger partial charge is 0.220 e. The van der Waals surface area contributed by atoms with Crippen LogP contribution in [-0.4, -0.2) is 27.9 Å². The number of carbonyl (C=O) groups is 1. The molecule has 20 heavy (non-hydrogen) atoms. The van der Waals surface area contributed by atoms with Gasteiger partial charge in [-0.15, -0.1) is 11.6 Å². The zero-order valence-corrected chi connectivity index (χ0v) is 12.3. The molecule has 1 aliphatic rings. The van der Waals surface area contributed by atoms with Gasteiger partial charge in [0, 0.05) is 25.3 Å². The van der Waals surface area contributed by atoms with Crippen LogP contribution in [0.4, 0.5) is 0 Å². The molecule has 5 heteroatoms. The van der Waals surface area contributed by atoms with Gasteiger partial charge in [-0.3, -0.25) is 4.79 Å². The third kappa shape index (κ3) is 2.40. The lowest BCUT2D eigenvalue weighted by atomic mass is 10.1. The van der Waals surface area contributed by atoms with Crippen LogP contribution in [0.5, 0.6) is 0 Å². The molecule has 2 aromatic rings. The molecule has 0 radical (unpaired) electrons. The summed E-state index contributed by atoms with van der Waals surface area (Å²) < 4.78 is 2.27. The lowest BCUT2D eigenvalue weighted by molar-refractivity contribution is -0.122. The minimum atomic E-state index is 0.140. The first kappa shape index (κ1) is 13.4. The van der Waals surface area contributed by atoms with Gasteiger partial charge in [-0.2, -0.15) is 0 Å². The summed E-state index contributed by atoms with van der Waals surface area (Å²) in [5.74, 6) is 1.71. The lowest BCUT2D eigenvalue weighted by Gasteiger charge is -2.26. The highest BCUT2D eigenvalue weighted by molar-refractivity contribution is 6.17. The molecule has 1 N–H and O–H groups in total. The highest BCUT2D eigenvalue weighted by Crippen LogP contribution is 2.27. The first-order chi connectivity index (χ1) is 9.69. The van der Waals surface area contributed by atoms with Gasteiger partial charge < -0.3 is 9.88 Å². The number of alkyl halides is 1. The van der Waals surface area contributed by atoms with E-state index in [1.807, 2.05) is 0 Å². The molecule has 1 amide bonds. The van der Waals surface area contributed by atoms with Crippen molar-refractivity contribution in [2.24, 2.45) is 0 Å². The van der Waals surface area contributed by atoms with Crippen molar-refractivity contribution in [2.45, 2.75) is 32.2 Å². The molecule has 1 aromatic heterocycles. The quantitative estimate of drug-likeness (QED) is 0.884. The molecule has 0 spiro atoms. The second-order valence-corrected chi connectivity index (χ2v) is 5.70. The minimum Gasteiger partial charge on any atom is -0.354 e. The SMILES string of the molecule is Cc1ccc2nc(CCCl)n(C3CCC(=O)NC3)c2c1. The Morgan fingerprint density at radius 2 is 2.35 bits per heavy atom. The lowest BCUT2D eigenvalue weighted by Crippen LogP contribution is -2.36. The van der Waals surface area contributed by atoms with Crippen molar-refractivity contribution in [2.75, 3.05) is 12.4 Å². The fourth-order valence-corrected chi connectivity index (χ4v) is 3.03. The Kier molecular flexibility index (Phi) is 3.66. The van der Waals surface area contributed by atoms with Crippen molar-refractivity contribution in [3.8, 4) is 0 Å². The fourth-order valence-electron chi connectivity index (χ4n) is 2.86. The summed E-state index contributed by atoms with van der Waals surface area (Å²) in [6, 6.07) is 6.57. The predicted octanol–water partition coefficient (Wildman–Crippen LogP) is 2.58. The third-order valence-corrected chi connectivity index (χ3v) is 4.03. The number of nitrogens with one attached hydrogen (secondary N) is 1. The van der Waals surface area contributed by atoms with Crippen LogP contribution < -0.4 is 5.32 Å². The Bertz CT molecular complexity index is 640. The first-order valence-electron chi connectivity index (χ1n) is 6.99. The van der Waals surface area contributed by atoms with Crippen LogP contribution in [0.15, 0.2) is 18.2 Å². The normalized spacial score (nSPS) is 19.3. The zero-order valence-electron chi connectivity index (χ0n) is 11.5. The highest BCUT2D eigenvalue weighted by atomic mass is 35.5. The van der Waals surface area contributed by atoms with Crippen LogP contribution in [0, 0.1) is 6.92 Å². The Balaban J connectivity index is 2.07. The monoisotopic (exact) mass is 291 g/mol. The number of aromatic nitrogens is 2. The molecule has 0 bridgehead atoms. The maximum atomic E-state index is 11.3. The van der Waals surface area contributed by atoms with Crippen LogP contribution >= 0.6 is 11.6 Å². The topological polar surface area (TPSA) is 46.9 Å². The van der Waals surface area contributed by atoms with Crippen molar-refractivity contribution in [3.05, 3.63) is 29.6 Å². The number of halogens is 1. The number of fused-ring (bicyclic) bond motifs is 1. The number of carbonyl (C=O) groups excluding carboxylic acids is 1. The number of benzene rings is 1. The Morgan fingerprint density at radius 1 is 1.50 bits per heavy atom. The Hall–Kier alpha value is -1.55. The molecule has 3 rings (SSSR count). The van der Waals surface area contributed by atoms with E-state index in [0.717, 1.165) is 29.7 Å². The van der Waals surface area contributed by atoms with Gasteiger partial charge in [0.05, 0.1) is 17.1 Å². The number of rotatable bonds is 3. The van der Waals surface area contributed by atoms with Crippen molar-refractivity contribution >= 4 is 28.5 Å². The van der Waals surface area contributed by atoms with E-state index in [1.54, 1.807) is 0 Å². The van der Waals surface area contributed by atoms with Crippen LogP contribution in [0.3, 0.4) is 0 Å². The summed E-state index contributed by atoms with van der Waals surface area (Å²) in [5.41, 5.74) is 3.37. The number of aryl methyl sites for hydroxylation is 2. The number of amides is 1. The van der Waals surface area contributed by atoms with E-state index < -0.39 is 0 Å². The van der Waals surface area contributed by atoms with Gasteiger partial charge in [-0.25, -0.2) is 4.98 Å². The maximum absolute atomic E-state index is 11.3. The van der Waals surface area contributed by atoms with Gasteiger partial charge in [0.1, 0.15) is 5.82 Å². The number of piperidine rings is 1. The average Bonchev–Trinajstić information content (AvgIpc) is 2.78. The van der Waals surface area contributed by atoms with Crippen LogP contribution in [-0.2, 0) is 11.2 Å². The van der Waals surface area contributed by atoms with Crippen LogP contribution in [0.2, 0.25) is 0 Å². The van der Waals surface area contributed by atoms with E-state index >= 15 is 0 Å². The molecular weight excluding hydrogens is 274 g/mol. The predicted molar refractivity (Wildman–Crippen MR) is 80.2 cm³/mol. The van der Waals surface area contributed by atoms with E-state index in [1.165, 1.54) is 5.56 Å². The maximum Gasteiger partial charge on any atom is 0.220 e. The molecule has 1 atom stereocenters. The largest absolute Gasteiger partial charge is 0.354 e. The molecule has 1 unspecified atom stereocenters. The molecule has 1 aliphatic heterocycles. The van der Waals surface area contributed by atoms with Crippen molar-refractivity contribution in [1.82, 2.24) is 14.9 Å². The van der Waals surface area contributed by atoms with Crippen molar-refractivity contribution in [3.63, 3.8) is 0 Å². The highest BCUT2D eigenvalue weighted by Gasteiger charge is 2.23. The summed E-state index contributed by atoms with van der Waals surface area (Å²) in [7, 11) is 0. The van der Waals surface area contributed by atoms with Gasteiger partial charge >= 0.3 is 0 Å². The second kappa shape index (κ2) is 5.44. The van der Waals surface area contributed by atoms with Gasteiger partial charge in [0.25, 0.3) is 0 Å². The minimum absolute atomic E-state index is 0.140. The molecular formula is C15H18ClN3O. The number of imidazole rings is 1. The molecule has 106 valence electrons. The second-order valence-electron chi connectivity index (χ2n) is 5.33. The molecule has 1 aromatic carbocycles. The van der Waals surface area contributed by atoms with E-state index in [4.69, 9.17) is 16.6 Å². The summed E-state index contributed by atoms with van der Waals surface area (Å²) in [6.07, 6.45) is 2.19. The van der Waals surface area contributed by atoms with Crippen LogP contribution in [0.1, 0.15) is 30.3 Å². The Labute approximate surface area is 123 Å². The van der Waals surface area contributed by atoms with Crippen molar-refractivity contribution < 1.29 is 4.79 Å². The van der Waals surface area contributed by atoms with Gasteiger partial charge in [0.15, 0.2) is 0 Å². The summed E-state index contributed by atoms with van der Waals surface area (Å²) in [5, 5.41) is 2.95. The van der Waals surface area contributed by atoms with Gasteiger partial charge in [-0.1, -0.05) is 6.07 Å². The van der Waals surface area contributed by atoms with E-state index in [0.29, 0.717) is 18.8 Å². The molecule has 1 fully saturated rings. The van der Waals surface area contributed by atoms with Gasteiger partial charge in [0.2, 0.25) is 5.91 Å². The molecule has 0 saturated carbocycles. The van der Waals surface area contributed by atoms with E-state index in [2.05, 4.69) is 35.0 Å². The van der Waals surface area contributed by atoms with E-state index in [9.17, 15) is 4.79 Å². The van der Waals surface area contributed by atoms with E-state index in [-0.39, 0.29) is 11.9 Å². The zero-order chi connectivity index (χ0) is 14.1. The Morgan fingerprint density at radius 3 is 3.05 bits per heavy atom. The average molecular weight is 292 g/mol. The third-order valence-electron chi connectivity index (χ3n) is 3.84. The molecule has 1 saturated heterocycles. The van der Waals surface area contributed by atoms with Crippen molar-refractivity contribution in [1.29, 1.82) is 0 Å². The number of hydrogen-bond acceptors (Lipinski definition) is 2. The number of hydrogen-bond donors (Lipinski definition) is 1. The van der Waals surface area contributed by atoms with Crippen LogP contribution in [0.25, 0.3) is 11.0 Å². The molecule has 2 heterocycles. The standard InChI is InChI=1S/C15H18ClN3O/c1-10-2-4-12-13(8-10)19(14(18-12)6-7-16)11-3-5-15(20)17-9-11/h2,4,8,11H,3,5-7,9H2,1H3,(H,17,20). The van der Waals surface area contributed by atoms with Gasteiger partial charge in [-0.05, 0) is 31.0 Å². The fraction of sp³-hybridized carbons (Fsp3) is 0.467. The number of nitrogens with zero attached hydrogens (tertiary/aromatic N) is 2. The summed E-state index contributed by atoms with van der Waals surface area (Å²) in [6.45, 7) is 2.76.